The Balaban J connectivity index is 2.41. The van der Waals surface area contributed by atoms with Gasteiger partial charge in [-0.2, -0.15) is 0 Å². The highest BCUT2D eigenvalue weighted by Gasteiger charge is 2.01. The standard InChI is InChI=1S/C13H20FNO2/c1-2-16-6-3-7-17-13-9-11(4-5-15)8-12(14)10-13/h8-10H,2-7,15H2,1H3. The summed E-state index contributed by atoms with van der Waals surface area (Å²) in [7, 11) is 0. The molecule has 2 N–H and O–H groups in total. The number of nitrogens with two attached hydrogens (primary N) is 1. The topological polar surface area (TPSA) is 44.5 Å². The Morgan fingerprint density at radius 3 is 2.76 bits per heavy atom. The Morgan fingerprint density at radius 1 is 1.24 bits per heavy atom. The molecule has 0 spiro atoms. The molecular formula is C13H20FNO2. The Labute approximate surface area is 102 Å². The molecule has 0 atom stereocenters. The van der Waals surface area contributed by atoms with Gasteiger partial charge in [-0.3, -0.25) is 0 Å². The summed E-state index contributed by atoms with van der Waals surface area (Å²) in [6, 6.07) is 4.71. The van der Waals surface area contributed by atoms with Crippen molar-refractivity contribution in [2.45, 2.75) is 19.8 Å². The highest BCUT2D eigenvalue weighted by Crippen LogP contribution is 2.16. The largest absolute Gasteiger partial charge is 0.493 e. The second kappa shape index (κ2) is 8.03. The van der Waals surface area contributed by atoms with E-state index in [1.165, 1.54) is 12.1 Å². The van der Waals surface area contributed by atoms with Crippen LogP contribution in [-0.4, -0.2) is 26.4 Å². The van der Waals surface area contributed by atoms with Gasteiger partial charge in [-0.15, -0.1) is 0 Å². The normalized spacial score (nSPS) is 10.5. The van der Waals surface area contributed by atoms with Gasteiger partial charge in [0, 0.05) is 25.7 Å². The Bertz CT molecular complexity index is 331. The van der Waals surface area contributed by atoms with Crippen molar-refractivity contribution in [3.63, 3.8) is 0 Å². The average Bonchev–Trinajstić information content (AvgIpc) is 2.28. The van der Waals surface area contributed by atoms with Gasteiger partial charge in [0.25, 0.3) is 0 Å². The van der Waals surface area contributed by atoms with E-state index in [4.69, 9.17) is 15.2 Å². The van der Waals surface area contributed by atoms with Crippen LogP contribution in [0, 0.1) is 5.82 Å². The number of ether oxygens (including phenoxy) is 2. The second-order valence-corrected chi connectivity index (χ2v) is 3.73. The van der Waals surface area contributed by atoms with Crippen molar-refractivity contribution in [1.29, 1.82) is 0 Å². The van der Waals surface area contributed by atoms with Gasteiger partial charge in [0.2, 0.25) is 0 Å². The lowest BCUT2D eigenvalue weighted by Gasteiger charge is -2.08. The fourth-order valence-electron chi connectivity index (χ4n) is 1.51. The van der Waals surface area contributed by atoms with Crippen LogP contribution in [0.4, 0.5) is 4.39 Å². The molecule has 0 unspecified atom stereocenters. The first-order valence-electron chi connectivity index (χ1n) is 5.96. The Hall–Kier alpha value is -1.13. The molecule has 1 aromatic rings. The molecule has 1 aromatic carbocycles. The lowest BCUT2D eigenvalue weighted by atomic mass is 10.1. The molecule has 0 aliphatic rings. The van der Waals surface area contributed by atoms with Crippen LogP contribution in [-0.2, 0) is 11.2 Å². The van der Waals surface area contributed by atoms with E-state index < -0.39 is 0 Å². The zero-order valence-corrected chi connectivity index (χ0v) is 10.2. The van der Waals surface area contributed by atoms with E-state index in [1.807, 2.05) is 13.0 Å². The molecule has 0 amide bonds. The molecule has 0 aromatic heterocycles. The fourth-order valence-corrected chi connectivity index (χ4v) is 1.51. The minimum Gasteiger partial charge on any atom is -0.493 e. The zero-order chi connectivity index (χ0) is 12.5. The maximum absolute atomic E-state index is 13.2. The first-order valence-corrected chi connectivity index (χ1v) is 5.96. The summed E-state index contributed by atoms with van der Waals surface area (Å²) in [6.45, 7) is 4.37. The number of hydrogen-bond donors (Lipinski definition) is 1. The first-order chi connectivity index (χ1) is 8.26. The van der Waals surface area contributed by atoms with Crippen LogP contribution in [0.2, 0.25) is 0 Å². The summed E-state index contributed by atoms with van der Waals surface area (Å²) in [5, 5.41) is 0. The third kappa shape index (κ3) is 5.65. The summed E-state index contributed by atoms with van der Waals surface area (Å²) < 4.78 is 23.9. The van der Waals surface area contributed by atoms with Crippen LogP contribution < -0.4 is 10.5 Å². The monoisotopic (exact) mass is 241 g/mol. The molecule has 3 nitrogen and oxygen atoms in total. The van der Waals surface area contributed by atoms with Crippen LogP contribution in [0.1, 0.15) is 18.9 Å². The Kier molecular flexibility index (Phi) is 6.58. The van der Waals surface area contributed by atoms with E-state index in [9.17, 15) is 4.39 Å². The molecule has 0 fully saturated rings. The molecule has 1 rings (SSSR count). The van der Waals surface area contributed by atoms with Crippen LogP contribution in [0.5, 0.6) is 5.75 Å². The van der Waals surface area contributed by atoms with Crippen molar-refractivity contribution < 1.29 is 13.9 Å². The maximum atomic E-state index is 13.2. The van der Waals surface area contributed by atoms with Crippen molar-refractivity contribution in [3.05, 3.63) is 29.6 Å². The molecule has 0 bridgehead atoms. The summed E-state index contributed by atoms with van der Waals surface area (Å²) in [5.74, 6) is 0.278. The third-order valence-electron chi connectivity index (χ3n) is 2.27. The van der Waals surface area contributed by atoms with Crippen molar-refractivity contribution in [2.24, 2.45) is 5.73 Å². The molecule has 4 heteroatoms. The van der Waals surface area contributed by atoms with Crippen molar-refractivity contribution in [3.8, 4) is 5.75 Å². The van der Waals surface area contributed by atoms with Crippen LogP contribution >= 0.6 is 0 Å². The van der Waals surface area contributed by atoms with E-state index >= 15 is 0 Å². The SMILES string of the molecule is CCOCCCOc1cc(F)cc(CCN)c1. The van der Waals surface area contributed by atoms with Gasteiger partial charge in [0.1, 0.15) is 11.6 Å². The summed E-state index contributed by atoms with van der Waals surface area (Å²) >= 11 is 0. The quantitative estimate of drug-likeness (QED) is 0.709. The summed E-state index contributed by atoms with van der Waals surface area (Å²) in [4.78, 5) is 0. The van der Waals surface area contributed by atoms with E-state index in [-0.39, 0.29) is 5.82 Å². The van der Waals surface area contributed by atoms with Crippen LogP contribution in [0.15, 0.2) is 18.2 Å². The third-order valence-corrected chi connectivity index (χ3v) is 2.27. The number of halogens is 1. The number of rotatable bonds is 8. The number of benzene rings is 1. The van der Waals surface area contributed by atoms with Gasteiger partial charge >= 0.3 is 0 Å². The molecule has 0 saturated carbocycles. The minimum absolute atomic E-state index is 0.282. The molecule has 0 aliphatic carbocycles. The smallest absolute Gasteiger partial charge is 0.127 e. The number of hydrogen-bond acceptors (Lipinski definition) is 3. The molecular weight excluding hydrogens is 221 g/mol. The van der Waals surface area contributed by atoms with Crippen molar-refractivity contribution >= 4 is 0 Å². The van der Waals surface area contributed by atoms with Crippen molar-refractivity contribution in [2.75, 3.05) is 26.4 Å². The highest BCUT2D eigenvalue weighted by atomic mass is 19.1. The summed E-state index contributed by atoms with van der Waals surface area (Å²) in [6.07, 6.45) is 1.46. The average molecular weight is 241 g/mol. The summed E-state index contributed by atoms with van der Waals surface area (Å²) in [5.41, 5.74) is 6.30. The predicted octanol–water partition coefficient (Wildman–Crippen LogP) is 2.13. The van der Waals surface area contributed by atoms with Gasteiger partial charge in [0.05, 0.1) is 6.61 Å². The van der Waals surface area contributed by atoms with E-state index in [2.05, 4.69) is 0 Å². The van der Waals surface area contributed by atoms with Crippen molar-refractivity contribution in [1.82, 2.24) is 0 Å². The van der Waals surface area contributed by atoms with Crippen LogP contribution in [0.3, 0.4) is 0 Å². The molecule has 0 heterocycles. The van der Waals surface area contributed by atoms with E-state index in [1.54, 1.807) is 0 Å². The lowest BCUT2D eigenvalue weighted by Crippen LogP contribution is -2.05. The van der Waals surface area contributed by atoms with Gasteiger partial charge in [-0.1, -0.05) is 0 Å². The molecule has 0 saturated heterocycles. The Morgan fingerprint density at radius 2 is 2.06 bits per heavy atom. The molecule has 17 heavy (non-hydrogen) atoms. The lowest BCUT2D eigenvalue weighted by molar-refractivity contribution is 0.131. The highest BCUT2D eigenvalue weighted by molar-refractivity contribution is 5.29. The van der Waals surface area contributed by atoms with Gasteiger partial charge < -0.3 is 15.2 Å². The molecule has 0 radical (unpaired) electrons. The van der Waals surface area contributed by atoms with E-state index in [0.29, 0.717) is 38.5 Å². The van der Waals surface area contributed by atoms with Gasteiger partial charge in [-0.05, 0) is 37.6 Å². The van der Waals surface area contributed by atoms with Gasteiger partial charge in [-0.25, -0.2) is 4.39 Å². The van der Waals surface area contributed by atoms with Crippen LogP contribution in [0.25, 0.3) is 0 Å². The zero-order valence-electron chi connectivity index (χ0n) is 10.2. The maximum Gasteiger partial charge on any atom is 0.127 e. The second-order valence-electron chi connectivity index (χ2n) is 3.73. The molecule has 96 valence electrons. The van der Waals surface area contributed by atoms with E-state index in [0.717, 1.165) is 12.0 Å². The first kappa shape index (κ1) is 13.9. The minimum atomic E-state index is -0.282. The molecule has 0 aliphatic heterocycles. The van der Waals surface area contributed by atoms with Gasteiger partial charge in [0.15, 0.2) is 0 Å². The fraction of sp³-hybridized carbons (Fsp3) is 0.538. The predicted molar refractivity (Wildman–Crippen MR) is 65.8 cm³/mol.